The fourth-order valence-corrected chi connectivity index (χ4v) is 0.568. The first-order valence-corrected chi connectivity index (χ1v) is 4.10. The van der Waals surface area contributed by atoms with E-state index in [9.17, 15) is 4.79 Å². The van der Waals surface area contributed by atoms with E-state index in [1.165, 1.54) is 7.05 Å². The summed E-state index contributed by atoms with van der Waals surface area (Å²) in [5.41, 5.74) is 1.05. The van der Waals surface area contributed by atoms with Crippen LogP contribution in [-0.4, -0.2) is 25.0 Å². The minimum absolute atomic E-state index is 0.384. The molecule has 0 aromatic carbocycles. The summed E-state index contributed by atoms with van der Waals surface area (Å²) in [6, 6.07) is -0.384. The molecule has 13 heavy (non-hydrogen) atoms. The van der Waals surface area contributed by atoms with Gasteiger partial charge in [-0.05, 0) is 13.3 Å². The van der Waals surface area contributed by atoms with E-state index in [1.54, 1.807) is 13.1 Å². The zero-order valence-electron chi connectivity index (χ0n) is 8.29. The normalized spacial score (nSPS) is 11.8. The van der Waals surface area contributed by atoms with Crippen LogP contribution in [0.25, 0.3) is 0 Å². The Labute approximate surface area is 78.5 Å². The van der Waals surface area contributed by atoms with Crippen LogP contribution in [0.1, 0.15) is 20.3 Å². The van der Waals surface area contributed by atoms with Crippen molar-refractivity contribution < 1.29 is 4.79 Å². The molecule has 0 heterocycles. The van der Waals surface area contributed by atoms with Gasteiger partial charge in [0.05, 0.1) is 11.4 Å². The molecule has 0 bridgehead atoms. The first-order valence-electron chi connectivity index (χ1n) is 4.10. The van der Waals surface area contributed by atoms with Crippen LogP contribution in [0.3, 0.4) is 0 Å². The zero-order valence-corrected chi connectivity index (χ0v) is 8.29. The summed E-state index contributed by atoms with van der Waals surface area (Å²) in [5.74, 6) is 0. The van der Waals surface area contributed by atoms with Crippen LogP contribution in [-0.2, 0) is 0 Å². The summed E-state index contributed by atoms with van der Waals surface area (Å²) in [7, 11) is 1.52. The first-order chi connectivity index (χ1) is 6.11. The van der Waals surface area contributed by atoms with Gasteiger partial charge in [0.15, 0.2) is 0 Å². The number of urea groups is 1. The number of amides is 2. The quantitative estimate of drug-likeness (QED) is 0.663. The lowest BCUT2D eigenvalue weighted by molar-refractivity contribution is 0.251. The van der Waals surface area contributed by atoms with Crippen LogP contribution in [0, 0.1) is 0 Å². The Hall–Kier alpha value is -1.45. The molecular formula is C9H15N3O. The fraction of sp³-hybridized carbons (Fsp3) is 0.444. The van der Waals surface area contributed by atoms with E-state index >= 15 is 0 Å². The van der Waals surface area contributed by atoms with E-state index in [0.717, 1.165) is 6.42 Å². The number of carbonyl (C=O) groups is 1. The summed E-state index contributed by atoms with van der Waals surface area (Å²) in [6.45, 7) is 7.34. The lowest BCUT2D eigenvalue weighted by Gasteiger charge is -1.97. The molecule has 0 aliphatic rings. The summed E-state index contributed by atoms with van der Waals surface area (Å²) in [6.07, 6.45) is 2.57. The Balaban J connectivity index is 4.33. The predicted octanol–water partition coefficient (Wildman–Crippen LogP) is 1.78. The van der Waals surface area contributed by atoms with Crippen molar-refractivity contribution >= 4 is 18.0 Å². The minimum atomic E-state index is -0.384. The smallest absolute Gasteiger partial charge is 0.339 e. The van der Waals surface area contributed by atoms with Gasteiger partial charge in [-0.2, -0.15) is 4.99 Å². The zero-order chi connectivity index (χ0) is 10.3. The van der Waals surface area contributed by atoms with Crippen LogP contribution in [0.2, 0.25) is 0 Å². The summed E-state index contributed by atoms with van der Waals surface area (Å²) < 4.78 is 0. The number of aliphatic imine (C=N–C) groups is 2. The van der Waals surface area contributed by atoms with Crippen molar-refractivity contribution in [3.05, 3.63) is 12.3 Å². The van der Waals surface area contributed by atoms with Crippen LogP contribution in [0.4, 0.5) is 4.79 Å². The van der Waals surface area contributed by atoms with E-state index in [2.05, 4.69) is 21.9 Å². The van der Waals surface area contributed by atoms with Gasteiger partial charge in [-0.3, -0.25) is 4.99 Å². The molecule has 0 aliphatic carbocycles. The second kappa shape index (κ2) is 6.11. The first kappa shape index (κ1) is 11.6. The molecule has 0 saturated heterocycles. The highest BCUT2D eigenvalue weighted by Crippen LogP contribution is 1.96. The number of allylic oxidation sites excluding steroid dienone is 1. The SMILES string of the molecule is C=C(N=CCC)C(C)=NC(=O)NC. The Kier molecular flexibility index (Phi) is 5.43. The number of rotatable bonds is 3. The van der Waals surface area contributed by atoms with Crippen molar-refractivity contribution in [1.82, 2.24) is 5.32 Å². The molecule has 0 saturated carbocycles. The highest BCUT2D eigenvalue weighted by atomic mass is 16.2. The molecule has 1 N–H and O–H groups in total. The third kappa shape index (κ3) is 4.90. The second-order valence-corrected chi connectivity index (χ2v) is 2.42. The maximum Gasteiger partial charge on any atom is 0.340 e. The van der Waals surface area contributed by atoms with Gasteiger partial charge in [0.25, 0.3) is 0 Å². The molecular weight excluding hydrogens is 166 g/mol. The van der Waals surface area contributed by atoms with Gasteiger partial charge in [0.1, 0.15) is 0 Å². The van der Waals surface area contributed by atoms with Gasteiger partial charge in [-0.15, -0.1) is 0 Å². The maximum absolute atomic E-state index is 10.8. The van der Waals surface area contributed by atoms with E-state index < -0.39 is 0 Å². The number of hydrogen-bond donors (Lipinski definition) is 1. The fourth-order valence-electron chi connectivity index (χ4n) is 0.568. The predicted molar refractivity (Wildman–Crippen MR) is 55.5 cm³/mol. The number of nitrogens with zero attached hydrogens (tertiary/aromatic N) is 2. The van der Waals surface area contributed by atoms with Crippen LogP contribution in [0.15, 0.2) is 22.3 Å². The average Bonchev–Trinajstić information content (AvgIpc) is 2.13. The van der Waals surface area contributed by atoms with E-state index in [1.807, 2.05) is 6.92 Å². The third-order valence-corrected chi connectivity index (χ3v) is 1.33. The van der Waals surface area contributed by atoms with Crippen molar-refractivity contribution in [3.8, 4) is 0 Å². The highest BCUT2D eigenvalue weighted by molar-refractivity contribution is 6.04. The van der Waals surface area contributed by atoms with Crippen molar-refractivity contribution in [2.24, 2.45) is 9.98 Å². The summed E-state index contributed by atoms with van der Waals surface area (Å²) in [4.78, 5) is 18.5. The molecule has 2 amide bonds. The molecule has 0 fully saturated rings. The Morgan fingerprint density at radius 1 is 1.62 bits per heavy atom. The molecule has 4 heteroatoms. The second-order valence-electron chi connectivity index (χ2n) is 2.42. The molecule has 0 aromatic heterocycles. The molecule has 0 spiro atoms. The molecule has 4 nitrogen and oxygen atoms in total. The van der Waals surface area contributed by atoms with Gasteiger partial charge < -0.3 is 5.32 Å². The highest BCUT2D eigenvalue weighted by Gasteiger charge is 1.98. The van der Waals surface area contributed by atoms with Crippen LogP contribution < -0.4 is 5.32 Å². The molecule has 0 rings (SSSR count). The van der Waals surface area contributed by atoms with Crippen molar-refractivity contribution in [1.29, 1.82) is 0 Å². The van der Waals surface area contributed by atoms with E-state index in [4.69, 9.17) is 0 Å². The van der Waals surface area contributed by atoms with Gasteiger partial charge >= 0.3 is 6.03 Å². The van der Waals surface area contributed by atoms with E-state index in [0.29, 0.717) is 11.4 Å². The molecule has 0 radical (unpaired) electrons. The summed E-state index contributed by atoms with van der Waals surface area (Å²) in [5, 5.41) is 2.39. The Bertz CT molecular complexity index is 254. The largest absolute Gasteiger partial charge is 0.340 e. The van der Waals surface area contributed by atoms with Gasteiger partial charge in [0, 0.05) is 13.3 Å². The van der Waals surface area contributed by atoms with Gasteiger partial charge in [-0.25, -0.2) is 4.79 Å². The minimum Gasteiger partial charge on any atom is -0.339 e. The average molecular weight is 181 g/mol. The summed E-state index contributed by atoms with van der Waals surface area (Å²) >= 11 is 0. The van der Waals surface area contributed by atoms with Crippen molar-refractivity contribution in [2.75, 3.05) is 7.05 Å². The Morgan fingerprint density at radius 2 is 2.23 bits per heavy atom. The monoisotopic (exact) mass is 181 g/mol. The topological polar surface area (TPSA) is 53.8 Å². The van der Waals surface area contributed by atoms with Crippen LogP contribution in [0.5, 0.6) is 0 Å². The number of hydrogen-bond acceptors (Lipinski definition) is 2. The van der Waals surface area contributed by atoms with Crippen molar-refractivity contribution in [2.45, 2.75) is 20.3 Å². The maximum atomic E-state index is 10.8. The van der Waals surface area contributed by atoms with Crippen LogP contribution >= 0.6 is 0 Å². The third-order valence-electron chi connectivity index (χ3n) is 1.33. The standard InChI is InChI=1S/C9H15N3O/c1-5-6-11-7(2)8(3)12-9(13)10-4/h6H,2,5H2,1,3-4H3,(H,10,13). The van der Waals surface area contributed by atoms with Gasteiger partial charge in [-0.1, -0.05) is 13.5 Å². The lowest BCUT2D eigenvalue weighted by atomic mass is 10.3. The lowest BCUT2D eigenvalue weighted by Crippen LogP contribution is -2.14. The molecule has 0 atom stereocenters. The number of carbonyl (C=O) groups excluding carboxylic acids is 1. The molecule has 72 valence electrons. The van der Waals surface area contributed by atoms with Gasteiger partial charge in [0.2, 0.25) is 0 Å². The number of nitrogens with one attached hydrogen (secondary N) is 1. The van der Waals surface area contributed by atoms with E-state index in [-0.39, 0.29) is 6.03 Å². The molecule has 0 aliphatic heterocycles. The van der Waals surface area contributed by atoms with Crippen molar-refractivity contribution in [3.63, 3.8) is 0 Å². The Morgan fingerprint density at radius 3 is 2.69 bits per heavy atom. The molecule has 0 unspecified atom stereocenters. The molecule has 0 aromatic rings.